The van der Waals surface area contributed by atoms with Crippen LogP contribution in [0.15, 0.2) is 42.5 Å². The number of benzene rings is 2. The summed E-state index contributed by atoms with van der Waals surface area (Å²) in [7, 11) is 0. The van der Waals surface area contributed by atoms with E-state index in [1.807, 2.05) is 36.4 Å². The van der Waals surface area contributed by atoms with Crippen molar-refractivity contribution in [2.24, 2.45) is 11.8 Å². The molecular weight excluding hydrogens is 448 g/mol. The second-order valence-electron chi connectivity index (χ2n) is 11.0. The van der Waals surface area contributed by atoms with Crippen LogP contribution >= 0.6 is 11.6 Å². The molecule has 34 heavy (non-hydrogen) atoms. The molecule has 2 saturated carbocycles. The summed E-state index contributed by atoms with van der Waals surface area (Å²) < 4.78 is 0. The van der Waals surface area contributed by atoms with Crippen LogP contribution in [0.2, 0.25) is 5.02 Å². The van der Waals surface area contributed by atoms with Crippen LogP contribution in [0.1, 0.15) is 48.8 Å². The molecular formula is C28H33ClN2O3. The summed E-state index contributed by atoms with van der Waals surface area (Å²) in [5, 5.41) is 26.5. The Bertz CT molecular complexity index is 1100. The zero-order chi connectivity index (χ0) is 23.5. The lowest BCUT2D eigenvalue weighted by atomic mass is 9.56. The Labute approximate surface area is 206 Å². The molecule has 1 amide bonds. The third-order valence-corrected chi connectivity index (χ3v) is 9.26. The number of rotatable bonds is 6. The summed E-state index contributed by atoms with van der Waals surface area (Å²) in [6, 6.07) is 13.4. The Hall–Kier alpha value is -2.08. The van der Waals surface area contributed by atoms with Crippen LogP contribution in [0.25, 0.3) is 0 Å². The van der Waals surface area contributed by atoms with Crippen LogP contribution in [0.5, 0.6) is 5.75 Å². The van der Waals surface area contributed by atoms with Crippen molar-refractivity contribution >= 4 is 17.5 Å². The number of hydrogen-bond donors (Lipinski definition) is 3. The van der Waals surface area contributed by atoms with Crippen LogP contribution < -0.4 is 5.32 Å². The van der Waals surface area contributed by atoms with Crippen molar-refractivity contribution in [3.05, 3.63) is 64.2 Å². The van der Waals surface area contributed by atoms with Crippen molar-refractivity contribution in [2.75, 3.05) is 19.6 Å². The van der Waals surface area contributed by atoms with Crippen molar-refractivity contribution < 1.29 is 15.0 Å². The first-order valence-corrected chi connectivity index (χ1v) is 13.1. The molecule has 6 rings (SSSR count). The van der Waals surface area contributed by atoms with Gasteiger partial charge in [-0.25, -0.2) is 0 Å². The van der Waals surface area contributed by atoms with Gasteiger partial charge in [0.15, 0.2) is 0 Å². The number of carbonyl (C=O) groups is 1. The smallest absolute Gasteiger partial charge is 0.223 e. The molecule has 3 N–H and O–H groups in total. The average Bonchev–Trinajstić information content (AvgIpc) is 3.56. The Morgan fingerprint density at radius 1 is 1.15 bits per heavy atom. The van der Waals surface area contributed by atoms with E-state index < -0.39 is 11.0 Å². The molecule has 2 bridgehead atoms. The van der Waals surface area contributed by atoms with Gasteiger partial charge in [-0.2, -0.15) is 0 Å². The van der Waals surface area contributed by atoms with Gasteiger partial charge < -0.3 is 15.5 Å². The highest BCUT2D eigenvalue weighted by atomic mass is 35.5. The predicted octanol–water partition coefficient (Wildman–Crippen LogP) is 3.82. The molecule has 0 spiro atoms. The summed E-state index contributed by atoms with van der Waals surface area (Å²) in [6.07, 6.45) is 6.07. The summed E-state index contributed by atoms with van der Waals surface area (Å²) in [6.45, 7) is 2.56. The number of hydrogen-bond acceptors (Lipinski definition) is 4. The van der Waals surface area contributed by atoms with Crippen molar-refractivity contribution in [1.82, 2.24) is 10.2 Å². The molecule has 2 aromatic carbocycles. The van der Waals surface area contributed by atoms with E-state index in [-0.39, 0.29) is 23.6 Å². The predicted molar refractivity (Wildman–Crippen MR) is 132 cm³/mol. The first-order chi connectivity index (χ1) is 16.4. The van der Waals surface area contributed by atoms with E-state index in [1.54, 1.807) is 6.07 Å². The number of aliphatic hydroxyl groups is 1. The number of nitrogens with zero attached hydrogens (tertiary/aromatic N) is 1. The molecule has 0 radical (unpaired) electrons. The van der Waals surface area contributed by atoms with Gasteiger partial charge in [0, 0.05) is 35.5 Å². The number of aromatic hydroxyl groups is 1. The van der Waals surface area contributed by atoms with Crippen molar-refractivity contribution in [3.8, 4) is 5.75 Å². The highest BCUT2D eigenvalue weighted by molar-refractivity contribution is 6.30. The highest BCUT2D eigenvalue weighted by Crippen LogP contribution is 2.62. The van der Waals surface area contributed by atoms with Gasteiger partial charge in [0.25, 0.3) is 0 Å². The lowest BCUT2D eigenvalue weighted by Crippen LogP contribution is -2.69. The lowest BCUT2D eigenvalue weighted by Gasteiger charge is -2.59. The molecule has 2 aromatic rings. The Kier molecular flexibility index (Phi) is 5.43. The monoisotopic (exact) mass is 480 g/mol. The van der Waals surface area contributed by atoms with Gasteiger partial charge in [-0.1, -0.05) is 29.8 Å². The number of phenols is 1. The SMILES string of the molecule is O=C(NCCc1ccc(Cl)cc1)[C@@H]1C[C@]23CCN(CC4CC4)[C@H](Cc4ccc(O)cc42)[C@]3(O)C1. The van der Waals surface area contributed by atoms with Gasteiger partial charge in [-0.15, -0.1) is 0 Å². The molecule has 4 atom stereocenters. The van der Waals surface area contributed by atoms with Crippen LogP contribution in [0.4, 0.5) is 0 Å². The van der Waals surface area contributed by atoms with Gasteiger partial charge in [-0.3, -0.25) is 9.69 Å². The molecule has 3 fully saturated rings. The first-order valence-electron chi connectivity index (χ1n) is 12.7. The zero-order valence-electron chi connectivity index (χ0n) is 19.5. The summed E-state index contributed by atoms with van der Waals surface area (Å²) in [5.41, 5.74) is 2.00. The fraction of sp³-hybridized carbons (Fsp3) is 0.536. The summed E-state index contributed by atoms with van der Waals surface area (Å²) in [5.74, 6) is 0.801. The van der Waals surface area contributed by atoms with E-state index in [9.17, 15) is 15.0 Å². The molecule has 0 aromatic heterocycles. The van der Waals surface area contributed by atoms with Crippen molar-refractivity contribution in [3.63, 3.8) is 0 Å². The number of likely N-dealkylation sites (tertiary alicyclic amines) is 1. The van der Waals surface area contributed by atoms with Crippen LogP contribution in [0.3, 0.4) is 0 Å². The maximum absolute atomic E-state index is 13.3. The van der Waals surface area contributed by atoms with E-state index >= 15 is 0 Å². The van der Waals surface area contributed by atoms with Gasteiger partial charge in [0.1, 0.15) is 5.75 Å². The van der Waals surface area contributed by atoms with E-state index in [1.165, 1.54) is 18.4 Å². The molecule has 1 aliphatic heterocycles. The molecule has 1 saturated heterocycles. The molecule has 1 heterocycles. The third-order valence-electron chi connectivity index (χ3n) is 9.01. The van der Waals surface area contributed by atoms with Gasteiger partial charge in [0.2, 0.25) is 5.91 Å². The minimum absolute atomic E-state index is 0.0331. The topological polar surface area (TPSA) is 72.8 Å². The maximum Gasteiger partial charge on any atom is 0.223 e. The number of amides is 1. The number of nitrogens with one attached hydrogen (secondary N) is 1. The number of carbonyl (C=O) groups excluding carboxylic acids is 1. The number of piperidine rings is 1. The van der Waals surface area contributed by atoms with E-state index in [4.69, 9.17) is 11.6 Å². The van der Waals surface area contributed by atoms with Gasteiger partial charge in [0.05, 0.1) is 5.60 Å². The van der Waals surface area contributed by atoms with Crippen LogP contribution in [-0.2, 0) is 23.1 Å². The molecule has 5 nitrogen and oxygen atoms in total. The number of halogens is 1. The van der Waals surface area contributed by atoms with E-state index in [0.717, 1.165) is 49.4 Å². The summed E-state index contributed by atoms with van der Waals surface area (Å²) in [4.78, 5) is 15.8. The van der Waals surface area contributed by atoms with Crippen LogP contribution in [0, 0.1) is 11.8 Å². The second kappa shape index (κ2) is 8.25. The number of phenolic OH excluding ortho intramolecular Hbond substituents is 1. The quantitative estimate of drug-likeness (QED) is 0.587. The molecule has 180 valence electrons. The number of fused-ring (bicyclic) bond motifs is 1. The minimum atomic E-state index is -0.945. The third kappa shape index (κ3) is 3.64. The zero-order valence-corrected chi connectivity index (χ0v) is 20.2. The highest BCUT2D eigenvalue weighted by Gasteiger charge is 2.68. The fourth-order valence-electron chi connectivity index (χ4n) is 7.14. The average molecular weight is 481 g/mol. The molecule has 4 aliphatic rings. The second-order valence-corrected chi connectivity index (χ2v) is 11.5. The van der Waals surface area contributed by atoms with Gasteiger partial charge >= 0.3 is 0 Å². The standard InChI is InChI=1S/C28H33ClN2O3/c29-22-6-3-18(4-7-22)9-11-30-26(33)21-15-27-10-12-31(17-19-1-2-19)25(28(27,34)16-21)13-20-5-8-23(32)14-24(20)27/h3-8,14,19,21,25,32,34H,1-2,9-13,15-17H2,(H,30,33)/t21-,25-,27-,28-/m1/s1. The Balaban J connectivity index is 1.24. The van der Waals surface area contributed by atoms with E-state index in [2.05, 4.69) is 10.2 Å². The Morgan fingerprint density at radius 2 is 1.94 bits per heavy atom. The van der Waals surface area contributed by atoms with Crippen LogP contribution in [-0.4, -0.2) is 52.3 Å². The largest absolute Gasteiger partial charge is 0.508 e. The Morgan fingerprint density at radius 3 is 2.71 bits per heavy atom. The fourth-order valence-corrected chi connectivity index (χ4v) is 7.27. The normalized spacial score (nSPS) is 32.2. The molecule has 3 aliphatic carbocycles. The van der Waals surface area contributed by atoms with Crippen molar-refractivity contribution in [2.45, 2.75) is 62.0 Å². The van der Waals surface area contributed by atoms with Crippen molar-refractivity contribution in [1.29, 1.82) is 0 Å². The summed E-state index contributed by atoms with van der Waals surface area (Å²) >= 11 is 5.97. The molecule has 0 unspecified atom stereocenters. The maximum atomic E-state index is 13.3. The minimum Gasteiger partial charge on any atom is -0.508 e. The molecule has 6 heteroatoms. The lowest BCUT2D eigenvalue weighted by molar-refractivity contribution is -0.134. The van der Waals surface area contributed by atoms with Gasteiger partial charge in [-0.05, 0) is 98.4 Å². The first kappa shape index (κ1) is 22.4. The van der Waals surface area contributed by atoms with E-state index in [0.29, 0.717) is 24.4 Å².